The molecule has 16 heavy (non-hydrogen) atoms. The molecule has 0 aromatic heterocycles. The third-order valence-corrected chi connectivity index (χ3v) is 3.01. The Morgan fingerprint density at radius 1 is 1.38 bits per heavy atom. The molecule has 2 atom stereocenters. The monoisotopic (exact) mass is 228 g/mol. The summed E-state index contributed by atoms with van der Waals surface area (Å²) in [6, 6.07) is 0. The Morgan fingerprint density at radius 3 is 2.56 bits per heavy atom. The van der Waals surface area contributed by atoms with Crippen molar-refractivity contribution in [3.8, 4) is 0 Å². The van der Waals surface area contributed by atoms with Crippen LogP contribution in [0.15, 0.2) is 0 Å². The molecule has 1 aliphatic carbocycles. The normalized spacial score (nSPS) is 26.5. The van der Waals surface area contributed by atoms with Crippen molar-refractivity contribution < 1.29 is 9.63 Å². The van der Waals surface area contributed by atoms with Gasteiger partial charge in [-0.3, -0.25) is 9.63 Å². The van der Waals surface area contributed by atoms with Gasteiger partial charge < -0.3 is 5.73 Å². The van der Waals surface area contributed by atoms with Gasteiger partial charge in [0.1, 0.15) is 0 Å². The van der Waals surface area contributed by atoms with E-state index in [0.717, 1.165) is 19.3 Å². The second kappa shape index (κ2) is 5.64. The van der Waals surface area contributed by atoms with Crippen LogP contribution >= 0.6 is 0 Å². The first kappa shape index (κ1) is 13.5. The molecular formula is C12H24N2O2. The van der Waals surface area contributed by atoms with Gasteiger partial charge in [0.2, 0.25) is 5.91 Å². The quantitative estimate of drug-likeness (QED) is 0.721. The third-order valence-electron chi connectivity index (χ3n) is 3.01. The minimum Gasteiger partial charge on any atom is -0.330 e. The molecule has 0 aliphatic heterocycles. The highest BCUT2D eigenvalue weighted by Crippen LogP contribution is 2.29. The van der Waals surface area contributed by atoms with Gasteiger partial charge in [0.25, 0.3) is 0 Å². The van der Waals surface area contributed by atoms with Gasteiger partial charge in [-0.2, -0.15) is 0 Å². The molecule has 94 valence electrons. The van der Waals surface area contributed by atoms with E-state index in [9.17, 15) is 4.79 Å². The summed E-state index contributed by atoms with van der Waals surface area (Å²) in [6.45, 7) is 6.32. The Hall–Kier alpha value is -0.610. The maximum Gasteiger partial charge on any atom is 0.246 e. The fraction of sp³-hybridized carbons (Fsp3) is 0.917. The molecule has 1 rings (SSSR count). The van der Waals surface area contributed by atoms with Gasteiger partial charge in [-0.15, -0.1) is 0 Å². The highest BCUT2D eigenvalue weighted by Gasteiger charge is 2.30. The number of rotatable bonds is 3. The number of hydrogen-bond acceptors (Lipinski definition) is 3. The number of nitrogens with one attached hydrogen (secondary N) is 1. The molecule has 0 spiro atoms. The lowest BCUT2D eigenvalue weighted by molar-refractivity contribution is -0.152. The van der Waals surface area contributed by atoms with E-state index in [0.29, 0.717) is 12.5 Å². The maximum atomic E-state index is 11.9. The number of carbonyl (C=O) groups is 1. The predicted octanol–water partition coefficient (Wildman–Crippen LogP) is 1.60. The Morgan fingerprint density at radius 2 is 2.00 bits per heavy atom. The van der Waals surface area contributed by atoms with Gasteiger partial charge in [0.05, 0.1) is 5.60 Å². The van der Waals surface area contributed by atoms with Crippen molar-refractivity contribution in [2.24, 2.45) is 17.6 Å². The molecular weight excluding hydrogens is 204 g/mol. The molecule has 1 aliphatic rings. The fourth-order valence-corrected chi connectivity index (χ4v) is 2.11. The number of hydrogen-bond donors (Lipinski definition) is 2. The van der Waals surface area contributed by atoms with Crippen molar-refractivity contribution >= 4 is 5.91 Å². The zero-order valence-corrected chi connectivity index (χ0v) is 10.6. The van der Waals surface area contributed by atoms with Crippen molar-refractivity contribution in [1.29, 1.82) is 0 Å². The lowest BCUT2D eigenvalue weighted by Crippen LogP contribution is -2.42. The molecule has 0 heterocycles. The standard InChI is InChI=1S/C12H24N2O2/c1-12(2,3)16-14-11(15)10-7-5-4-6-9(10)8-13/h9-10H,4-8,13H2,1-3H3,(H,14,15). The van der Waals surface area contributed by atoms with Crippen LogP contribution in [0.2, 0.25) is 0 Å². The number of carbonyl (C=O) groups excluding carboxylic acids is 1. The van der Waals surface area contributed by atoms with E-state index in [1.165, 1.54) is 6.42 Å². The van der Waals surface area contributed by atoms with Crippen LogP contribution in [0.1, 0.15) is 46.5 Å². The van der Waals surface area contributed by atoms with Crippen molar-refractivity contribution in [2.75, 3.05) is 6.54 Å². The van der Waals surface area contributed by atoms with Crippen LogP contribution in [0, 0.1) is 11.8 Å². The largest absolute Gasteiger partial charge is 0.330 e. The van der Waals surface area contributed by atoms with Gasteiger partial charge >= 0.3 is 0 Å². The summed E-state index contributed by atoms with van der Waals surface area (Å²) in [4.78, 5) is 17.2. The smallest absolute Gasteiger partial charge is 0.246 e. The molecule has 1 fully saturated rings. The number of hydroxylamine groups is 1. The summed E-state index contributed by atoms with van der Waals surface area (Å²) >= 11 is 0. The maximum absolute atomic E-state index is 11.9. The zero-order valence-electron chi connectivity index (χ0n) is 10.6. The van der Waals surface area contributed by atoms with Crippen LogP contribution < -0.4 is 11.2 Å². The molecule has 2 unspecified atom stereocenters. The van der Waals surface area contributed by atoms with E-state index < -0.39 is 0 Å². The minimum atomic E-state index is -0.345. The van der Waals surface area contributed by atoms with E-state index in [4.69, 9.17) is 10.6 Å². The first-order chi connectivity index (χ1) is 7.44. The van der Waals surface area contributed by atoms with E-state index in [2.05, 4.69) is 5.48 Å². The molecule has 4 heteroatoms. The molecule has 0 aromatic rings. The zero-order chi connectivity index (χ0) is 12.2. The molecule has 0 saturated heterocycles. The minimum absolute atomic E-state index is 0.00919. The van der Waals surface area contributed by atoms with Crippen molar-refractivity contribution in [3.05, 3.63) is 0 Å². The molecule has 0 radical (unpaired) electrons. The Balaban J connectivity index is 2.45. The summed E-state index contributed by atoms with van der Waals surface area (Å²) < 4.78 is 0. The van der Waals surface area contributed by atoms with Crippen LogP contribution in [-0.4, -0.2) is 18.1 Å². The van der Waals surface area contributed by atoms with Gasteiger partial charge in [-0.25, -0.2) is 5.48 Å². The second-order valence-electron chi connectivity index (χ2n) is 5.57. The topological polar surface area (TPSA) is 64.3 Å². The van der Waals surface area contributed by atoms with Crippen LogP contribution in [-0.2, 0) is 9.63 Å². The summed E-state index contributed by atoms with van der Waals surface area (Å²) in [5.41, 5.74) is 7.91. The highest BCUT2D eigenvalue weighted by molar-refractivity contribution is 5.78. The fourth-order valence-electron chi connectivity index (χ4n) is 2.11. The summed E-state index contributed by atoms with van der Waals surface area (Å²) in [7, 11) is 0. The summed E-state index contributed by atoms with van der Waals surface area (Å²) in [5.74, 6) is 0.337. The van der Waals surface area contributed by atoms with Gasteiger partial charge in [-0.05, 0) is 46.1 Å². The Bertz CT molecular complexity index is 236. The van der Waals surface area contributed by atoms with Gasteiger partial charge in [-0.1, -0.05) is 12.8 Å². The average Bonchev–Trinajstić information content (AvgIpc) is 2.25. The first-order valence-corrected chi connectivity index (χ1v) is 6.12. The lowest BCUT2D eigenvalue weighted by Gasteiger charge is -2.30. The van der Waals surface area contributed by atoms with E-state index in [-0.39, 0.29) is 17.4 Å². The molecule has 3 N–H and O–H groups in total. The molecule has 1 amide bonds. The third kappa shape index (κ3) is 4.10. The van der Waals surface area contributed by atoms with Crippen LogP contribution in [0.4, 0.5) is 0 Å². The molecule has 1 saturated carbocycles. The van der Waals surface area contributed by atoms with Crippen molar-refractivity contribution in [3.63, 3.8) is 0 Å². The van der Waals surface area contributed by atoms with E-state index in [1.807, 2.05) is 20.8 Å². The average molecular weight is 228 g/mol. The number of nitrogens with two attached hydrogens (primary N) is 1. The highest BCUT2D eigenvalue weighted by atomic mass is 16.7. The lowest BCUT2D eigenvalue weighted by atomic mass is 9.79. The van der Waals surface area contributed by atoms with Crippen molar-refractivity contribution in [2.45, 2.75) is 52.1 Å². The van der Waals surface area contributed by atoms with Crippen LogP contribution in [0.3, 0.4) is 0 Å². The second-order valence-corrected chi connectivity index (χ2v) is 5.57. The number of amides is 1. The molecule has 4 nitrogen and oxygen atoms in total. The Kier molecular flexibility index (Phi) is 4.74. The van der Waals surface area contributed by atoms with E-state index in [1.54, 1.807) is 0 Å². The first-order valence-electron chi connectivity index (χ1n) is 6.12. The Labute approximate surface area is 97.9 Å². The predicted molar refractivity (Wildman–Crippen MR) is 63.5 cm³/mol. The van der Waals surface area contributed by atoms with Crippen LogP contribution in [0.25, 0.3) is 0 Å². The van der Waals surface area contributed by atoms with Gasteiger partial charge in [0.15, 0.2) is 0 Å². The summed E-state index contributed by atoms with van der Waals surface area (Å²) in [5, 5.41) is 0. The van der Waals surface area contributed by atoms with Crippen LogP contribution in [0.5, 0.6) is 0 Å². The van der Waals surface area contributed by atoms with Gasteiger partial charge in [0, 0.05) is 5.92 Å². The molecule has 0 bridgehead atoms. The SMILES string of the molecule is CC(C)(C)ONC(=O)C1CCCCC1CN. The molecule has 0 aromatic carbocycles. The van der Waals surface area contributed by atoms with Crippen molar-refractivity contribution in [1.82, 2.24) is 5.48 Å². The summed E-state index contributed by atoms with van der Waals surface area (Å²) in [6.07, 6.45) is 4.29. The van der Waals surface area contributed by atoms with E-state index >= 15 is 0 Å².